The van der Waals surface area contributed by atoms with Crippen LogP contribution in [0.4, 0.5) is 5.69 Å². The quantitative estimate of drug-likeness (QED) is 0.453. The minimum atomic E-state index is -0.145. The highest BCUT2D eigenvalue weighted by Gasteiger charge is 2.15. The Morgan fingerprint density at radius 2 is 1.86 bits per heavy atom. The predicted molar refractivity (Wildman–Crippen MR) is 142 cm³/mol. The maximum atomic E-state index is 13.1. The molecule has 182 valence electrons. The Kier molecular flexibility index (Phi) is 6.81. The number of nitrogens with zero attached hydrogens (tertiary/aromatic N) is 5. The molecular formula is C29H30N6O. The highest BCUT2D eigenvalue weighted by atomic mass is 16.1. The summed E-state index contributed by atoms with van der Waals surface area (Å²) in [5.41, 5.74) is 7.10. The molecule has 1 aliphatic heterocycles. The van der Waals surface area contributed by atoms with Gasteiger partial charge in [0.2, 0.25) is 0 Å². The van der Waals surface area contributed by atoms with Gasteiger partial charge in [-0.2, -0.15) is 5.10 Å². The summed E-state index contributed by atoms with van der Waals surface area (Å²) in [4.78, 5) is 22.3. The lowest BCUT2D eigenvalue weighted by Crippen LogP contribution is -2.43. The lowest BCUT2D eigenvalue weighted by molar-refractivity contribution is 0.102. The second kappa shape index (κ2) is 10.3. The second-order valence-electron chi connectivity index (χ2n) is 9.50. The van der Waals surface area contributed by atoms with E-state index in [4.69, 9.17) is 0 Å². The van der Waals surface area contributed by atoms with Gasteiger partial charge in [0.25, 0.3) is 5.91 Å². The van der Waals surface area contributed by atoms with E-state index in [1.807, 2.05) is 43.5 Å². The van der Waals surface area contributed by atoms with E-state index < -0.39 is 0 Å². The van der Waals surface area contributed by atoms with Crippen LogP contribution in [-0.2, 0) is 6.54 Å². The molecule has 0 atom stereocenters. The van der Waals surface area contributed by atoms with Crippen molar-refractivity contribution in [3.05, 3.63) is 94.4 Å². The summed E-state index contributed by atoms with van der Waals surface area (Å²) in [5.74, 6) is 6.19. The summed E-state index contributed by atoms with van der Waals surface area (Å²) < 4.78 is 1.70. The molecule has 3 heterocycles. The molecule has 1 N–H and O–H groups in total. The van der Waals surface area contributed by atoms with E-state index >= 15 is 0 Å². The zero-order valence-corrected chi connectivity index (χ0v) is 21.0. The molecule has 5 rings (SSSR count). The summed E-state index contributed by atoms with van der Waals surface area (Å²) in [5, 5.41) is 7.29. The van der Waals surface area contributed by atoms with E-state index in [0.717, 1.165) is 66.3 Å². The number of hydrogen-bond donors (Lipinski definition) is 1. The number of likely N-dealkylation sites (N-methyl/N-ethyl adjacent to an activating group) is 1. The number of benzene rings is 2. The maximum absolute atomic E-state index is 13.1. The summed E-state index contributed by atoms with van der Waals surface area (Å²) >= 11 is 0. The van der Waals surface area contributed by atoms with Crippen molar-refractivity contribution < 1.29 is 4.79 Å². The van der Waals surface area contributed by atoms with Gasteiger partial charge in [0.1, 0.15) is 0 Å². The van der Waals surface area contributed by atoms with E-state index in [1.54, 1.807) is 16.9 Å². The molecule has 1 amide bonds. The number of piperazine rings is 1. The van der Waals surface area contributed by atoms with Crippen LogP contribution < -0.4 is 5.32 Å². The zero-order valence-electron chi connectivity index (χ0n) is 21.0. The van der Waals surface area contributed by atoms with Crippen LogP contribution in [0.5, 0.6) is 0 Å². The Balaban J connectivity index is 1.31. The third kappa shape index (κ3) is 5.62. The lowest BCUT2D eigenvalue weighted by atomic mass is 10.0. The standard InChI is InChI=1S/C29H30N6O/c1-21-14-24(19-34-12-10-33(3)11-13-34)16-27(15-21)32-29(36)26-6-4-22(2)25(17-26)7-5-23-18-30-28-8-9-31-35(28)20-23/h4,6,8-9,14-18,20H,10-13,19H2,1-3H3,(H,32,36). The van der Waals surface area contributed by atoms with Crippen molar-refractivity contribution in [2.45, 2.75) is 20.4 Å². The van der Waals surface area contributed by atoms with Crippen molar-refractivity contribution in [3.63, 3.8) is 0 Å². The van der Waals surface area contributed by atoms with Crippen molar-refractivity contribution in [1.29, 1.82) is 0 Å². The topological polar surface area (TPSA) is 65.8 Å². The minimum absolute atomic E-state index is 0.145. The first-order chi connectivity index (χ1) is 17.4. The Labute approximate surface area is 211 Å². The van der Waals surface area contributed by atoms with E-state index in [-0.39, 0.29) is 5.91 Å². The molecule has 7 heteroatoms. The maximum Gasteiger partial charge on any atom is 0.255 e. The SMILES string of the molecule is Cc1cc(CN2CCN(C)CC2)cc(NC(=O)c2ccc(C)c(C#Cc3cnc4ccnn4c3)c2)c1. The third-order valence-corrected chi connectivity index (χ3v) is 6.49. The number of aromatic nitrogens is 3. The number of fused-ring (bicyclic) bond motifs is 1. The van der Waals surface area contributed by atoms with E-state index in [0.29, 0.717) is 5.56 Å². The smallest absolute Gasteiger partial charge is 0.255 e. The van der Waals surface area contributed by atoms with Gasteiger partial charge in [0.05, 0.1) is 11.8 Å². The van der Waals surface area contributed by atoms with Crippen LogP contribution in [0.2, 0.25) is 0 Å². The van der Waals surface area contributed by atoms with Crippen molar-refractivity contribution in [3.8, 4) is 11.8 Å². The number of carbonyl (C=O) groups is 1. The van der Waals surface area contributed by atoms with E-state index in [1.165, 1.54) is 5.56 Å². The van der Waals surface area contributed by atoms with Crippen LogP contribution in [0.25, 0.3) is 5.65 Å². The number of anilines is 1. The summed E-state index contributed by atoms with van der Waals surface area (Å²) in [6, 6.07) is 13.8. The van der Waals surface area contributed by atoms with Crippen LogP contribution in [0.1, 0.15) is 38.2 Å². The Hall–Kier alpha value is -3.99. The number of rotatable bonds is 4. The monoisotopic (exact) mass is 478 g/mol. The molecule has 1 saturated heterocycles. The van der Waals surface area contributed by atoms with Gasteiger partial charge in [0.15, 0.2) is 5.65 Å². The Morgan fingerprint density at radius 1 is 1.03 bits per heavy atom. The van der Waals surface area contributed by atoms with Crippen LogP contribution in [0.15, 0.2) is 61.1 Å². The fourth-order valence-corrected chi connectivity index (χ4v) is 4.41. The molecule has 4 aromatic rings. The molecule has 1 fully saturated rings. The average Bonchev–Trinajstić information content (AvgIpc) is 3.32. The molecule has 36 heavy (non-hydrogen) atoms. The molecule has 0 bridgehead atoms. The molecule has 1 aliphatic rings. The van der Waals surface area contributed by atoms with Crippen LogP contribution in [-0.4, -0.2) is 63.5 Å². The molecule has 0 spiro atoms. The van der Waals surface area contributed by atoms with Crippen molar-refractivity contribution >= 4 is 17.2 Å². The van der Waals surface area contributed by atoms with Crippen LogP contribution >= 0.6 is 0 Å². The fourth-order valence-electron chi connectivity index (χ4n) is 4.41. The predicted octanol–water partition coefficient (Wildman–Crippen LogP) is 3.75. The molecular weight excluding hydrogens is 448 g/mol. The molecule has 0 aliphatic carbocycles. The van der Waals surface area contributed by atoms with Crippen molar-refractivity contribution in [2.75, 3.05) is 38.5 Å². The first-order valence-electron chi connectivity index (χ1n) is 12.2. The van der Waals surface area contributed by atoms with Gasteiger partial charge in [-0.3, -0.25) is 9.69 Å². The first-order valence-corrected chi connectivity index (χ1v) is 12.2. The van der Waals surface area contributed by atoms with Gasteiger partial charge in [-0.05, 0) is 61.9 Å². The highest BCUT2D eigenvalue weighted by molar-refractivity contribution is 6.04. The minimum Gasteiger partial charge on any atom is -0.322 e. The lowest BCUT2D eigenvalue weighted by Gasteiger charge is -2.32. The zero-order chi connectivity index (χ0) is 25.1. The van der Waals surface area contributed by atoms with Gasteiger partial charge in [-0.1, -0.05) is 24.0 Å². The summed E-state index contributed by atoms with van der Waals surface area (Å²) in [6.45, 7) is 9.24. The van der Waals surface area contributed by atoms with Crippen LogP contribution in [0, 0.1) is 25.7 Å². The number of hydrogen-bond acceptors (Lipinski definition) is 5. The van der Waals surface area contributed by atoms with Gasteiger partial charge < -0.3 is 10.2 Å². The molecule has 2 aromatic carbocycles. The summed E-state index contributed by atoms with van der Waals surface area (Å²) in [6.07, 6.45) is 5.28. The number of carbonyl (C=O) groups excluding carboxylic acids is 1. The van der Waals surface area contributed by atoms with E-state index in [9.17, 15) is 4.79 Å². The Morgan fingerprint density at radius 3 is 2.69 bits per heavy atom. The highest BCUT2D eigenvalue weighted by Crippen LogP contribution is 2.19. The van der Waals surface area contributed by atoms with Gasteiger partial charge in [-0.25, -0.2) is 9.50 Å². The normalized spacial score (nSPS) is 14.4. The van der Waals surface area contributed by atoms with Gasteiger partial charge in [0, 0.05) is 68.0 Å². The molecule has 2 aromatic heterocycles. The largest absolute Gasteiger partial charge is 0.322 e. The van der Waals surface area contributed by atoms with Crippen molar-refractivity contribution in [1.82, 2.24) is 24.4 Å². The van der Waals surface area contributed by atoms with E-state index in [2.05, 4.69) is 63.1 Å². The van der Waals surface area contributed by atoms with Crippen LogP contribution in [0.3, 0.4) is 0 Å². The Bertz CT molecular complexity index is 1470. The fraction of sp³-hybridized carbons (Fsp3) is 0.276. The van der Waals surface area contributed by atoms with Gasteiger partial charge >= 0.3 is 0 Å². The average molecular weight is 479 g/mol. The molecule has 0 saturated carbocycles. The number of nitrogens with one attached hydrogen (secondary N) is 1. The first kappa shape index (κ1) is 23.7. The van der Waals surface area contributed by atoms with Crippen molar-refractivity contribution in [2.24, 2.45) is 0 Å². The number of amides is 1. The van der Waals surface area contributed by atoms with Gasteiger partial charge in [-0.15, -0.1) is 0 Å². The third-order valence-electron chi connectivity index (χ3n) is 6.49. The molecule has 7 nitrogen and oxygen atoms in total. The number of aryl methyl sites for hydroxylation is 2. The summed E-state index contributed by atoms with van der Waals surface area (Å²) in [7, 11) is 2.16. The second-order valence-corrected chi connectivity index (χ2v) is 9.50. The molecule has 0 unspecified atom stereocenters. The molecule has 0 radical (unpaired) electrons.